The second-order valence-corrected chi connectivity index (χ2v) is 3.78. The highest BCUT2D eigenvalue weighted by Crippen LogP contribution is 2.11. The van der Waals surface area contributed by atoms with Crippen LogP contribution in [0.4, 0.5) is 5.82 Å². The fourth-order valence-corrected chi connectivity index (χ4v) is 1.67. The number of rotatable bonds is 6. The second-order valence-electron chi connectivity index (χ2n) is 3.40. The Kier molecular flexibility index (Phi) is 5.40. The van der Waals surface area contributed by atoms with E-state index in [0.29, 0.717) is 5.88 Å². The van der Waals surface area contributed by atoms with Crippen molar-refractivity contribution in [2.24, 2.45) is 0 Å². The first kappa shape index (κ1) is 12.2. The van der Waals surface area contributed by atoms with E-state index >= 15 is 0 Å². The van der Waals surface area contributed by atoms with Crippen LogP contribution in [0.5, 0.6) is 0 Å². The van der Waals surface area contributed by atoms with Crippen LogP contribution in [0.1, 0.15) is 26.0 Å². The predicted octanol–water partition coefficient (Wildman–Crippen LogP) is 2.49. The summed E-state index contributed by atoms with van der Waals surface area (Å²) in [6.07, 6.45) is 3.67. The molecule has 1 aromatic heterocycles. The molecule has 0 spiro atoms. The van der Waals surface area contributed by atoms with Crippen LogP contribution in [-0.2, 0) is 6.42 Å². The first-order valence-electron chi connectivity index (χ1n) is 5.43. The van der Waals surface area contributed by atoms with Gasteiger partial charge < -0.3 is 4.90 Å². The maximum absolute atomic E-state index is 5.77. The van der Waals surface area contributed by atoms with Gasteiger partial charge in [-0.05, 0) is 12.8 Å². The van der Waals surface area contributed by atoms with Gasteiger partial charge in [0, 0.05) is 30.7 Å². The van der Waals surface area contributed by atoms with E-state index in [1.165, 1.54) is 0 Å². The number of aryl methyl sites for hydroxylation is 1. The van der Waals surface area contributed by atoms with Crippen LogP contribution in [0.2, 0.25) is 0 Å². The van der Waals surface area contributed by atoms with E-state index in [1.54, 1.807) is 6.33 Å². The number of anilines is 1. The molecule has 1 heterocycles. The third-order valence-electron chi connectivity index (χ3n) is 2.24. The van der Waals surface area contributed by atoms with Gasteiger partial charge in [0.25, 0.3) is 0 Å². The summed E-state index contributed by atoms with van der Waals surface area (Å²) in [6, 6.07) is 2.04. The first-order valence-corrected chi connectivity index (χ1v) is 5.97. The number of nitrogens with zero attached hydrogens (tertiary/aromatic N) is 3. The lowest BCUT2D eigenvalue weighted by atomic mass is 10.3. The highest BCUT2D eigenvalue weighted by molar-refractivity contribution is 6.18. The Labute approximate surface area is 96.5 Å². The quantitative estimate of drug-likeness (QED) is 0.700. The highest BCUT2D eigenvalue weighted by Gasteiger charge is 2.06. The molecule has 0 aromatic carbocycles. The Hall–Kier alpha value is -0.830. The molecule has 0 saturated heterocycles. The SMILES string of the molecule is CCCN(CCCl)c1cc(CC)ncn1. The van der Waals surface area contributed by atoms with Crippen LogP contribution in [-0.4, -0.2) is 28.9 Å². The first-order chi connectivity index (χ1) is 7.31. The molecule has 15 heavy (non-hydrogen) atoms. The summed E-state index contributed by atoms with van der Waals surface area (Å²) in [4.78, 5) is 10.7. The zero-order valence-corrected chi connectivity index (χ0v) is 10.2. The third-order valence-corrected chi connectivity index (χ3v) is 2.41. The molecule has 0 bridgehead atoms. The van der Waals surface area contributed by atoms with E-state index in [4.69, 9.17) is 11.6 Å². The molecular weight excluding hydrogens is 210 g/mol. The number of aromatic nitrogens is 2. The maximum Gasteiger partial charge on any atom is 0.132 e. The second kappa shape index (κ2) is 6.62. The van der Waals surface area contributed by atoms with Crippen molar-refractivity contribution < 1.29 is 0 Å². The standard InChI is InChI=1S/C11H18ClN3/c1-3-6-15(7-5-12)11-8-10(4-2)13-9-14-11/h8-9H,3-7H2,1-2H3. The average Bonchev–Trinajstić information content (AvgIpc) is 2.29. The molecule has 0 aliphatic carbocycles. The fourth-order valence-electron chi connectivity index (χ4n) is 1.46. The maximum atomic E-state index is 5.77. The lowest BCUT2D eigenvalue weighted by molar-refractivity contribution is 0.775. The molecule has 0 N–H and O–H groups in total. The van der Waals surface area contributed by atoms with Crippen molar-refractivity contribution in [1.82, 2.24) is 9.97 Å². The Morgan fingerprint density at radius 2 is 2.07 bits per heavy atom. The predicted molar refractivity (Wildman–Crippen MR) is 64.6 cm³/mol. The van der Waals surface area contributed by atoms with Gasteiger partial charge in [0.2, 0.25) is 0 Å². The van der Waals surface area contributed by atoms with Gasteiger partial charge >= 0.3 is 0 Å². The molecular formula is C11H18ClN3. The van der Waals surface area contributed by atoms with E-state index in [-0.39, 0.29) is 0 Å². The number of halogens is 1. The van der Waals surface area contributed by atoms with Gasteiger partial charge in [-0.3, -0.25) is 0 Å². The van der Waals surface area contributed by atoms with Crippen molar-refractivity contribution in [2.75, 3.05) is 23.9 Å². The van der Waals surface area contributed by atoms with E-state index < -0.39 is 0 Å². The summed E-state index contributed by atoms with van der Waals surface area (Å²) < 4.78 is 0. The number of hydrogen-bond donors (Lipinski definition) is 0. The van der Waals surface area contributed by atoms with Gasteiger partial charge in [-0.2, -0.15) is 0 Å². The van der Waals surface area contributed by atoms with Gasteiger partial charge in [0.15, 0.2) is 0 Å². The Balaban J connectivity index is 2.79. The van der Waals surface area contributed by atoms with Crippen LogP contribution >= 0.6 is 11.6 Å². The fraction of sp³-hybridized carbons (Fsp3) is 0.636. The Morgan fingerprint density at radius 1 is 1.27 bits per heavy atom. The zero-order valence-electron chi connectivity index (χ0n) is 9.41. The third kappa shape index (κ3) is 3.67. The van der Waals surface area contributed by atoms with Gasteiger partial charge in [-0.25, -0.2) is 9.97 Å². The molecule has 1 aromatic rings. The topological polar surface area (TPSA) is 29.0 Å². The van der Waals surface area contributed by atoms with E-state index in [0.717, 1.165) is 37.4 Å². The summed E-state index contributed by atoms with van der Waals surface area (Å²) >= 11 is 5.77. The Morgan fingerprint density at radius 3 is 2.67 bits per heavy atom. The van der Waals surface area contributed by atoms with E-state index in [9.17, 15) is 0 Å². The molecule has 0 radical (unpaired) electrons. The van der Waals surface area contributed by atoms with Crippen molar-refractivity contribution in [2.45, 2.75) is 26.7 Å². The van der Waals surface area contributed by atoms with E-state index in [1.807, 2.05) is 6.07 Å². The monoisotopic (exact) mass is 227 g/mol. The average molecular weight is 228 g/mol. The minimum Gasteiger partial charge on any atom is -0.355 e. The van der Waals surface area contributed by atoms with Crippen LogP contribution in [0.25, 0.3) is 0 Å². The minimum atomic E-state index is 0.630. The largest absolute Gasteiger partial charge is 0.355 e. The summed E-state index contributed by atoms with van der Waals surface area (Å²) in [6.45, 7) is 6.09. The lowest BCUT2D eigenvalue weighted by Gasteiger charge is -2.22. The summed E-state index contributed by atoms with van der Waals surface area (Å²) in [5, 5.41) is 0. The van der Waals surface area contributed by atoms with Crippen molar-refractivity contribution in [3.05, 3.63) is 18.1 Å². The van der Waals surface area contributed by atoms with Crippen LogP contribution < -0.4 is 4.90 Å². The van der Waals surface area contributed by atoms with Crippen molar-refractivity contribution >= 4 is 17.4 Å². The van der Waals surface area contributed by atoms with E-state index in [2.05, 4.69) is 28.7 Å². The van der Waals surface area contributed by atoms with Gasteiger partial charge in [-0.1, -0.05) is 13.8 Å². The molecule has 4 heteroatoms. The van der Waals surface area contributed by atoms with Gasteiger partial charge in [0.05, 0.1) is 0 Å². The molecule has 0 saturated carbocycles. The molecule has 0 fully saturated rings. The molecule has 0 unspecified atom stereocenters. The van der Waals surface area contributed by atoms with Crippen molar-refractivity contribution in [1.29, 1.82) is 0 Å². The smallest absolute Gasteiger partial charge is 0.132 e. The Bertz CT molecular complexity index is 285. The summed E-state index contributed by atoms with van der Waals surface area (Å²) in [5.74, 6) is 1.62. The molecule has 1 rings (SSSR count). The number of alkyl halides is 1. The van der Waals surface area contributed by atoms with Crippen molar-refractivity contribution in [3.63, 3.8) is 0 Å². The number of hydrogen-bond acceptors (Lipinski definition) is 3. The molecule has 0 aliphatic rings. The molecule has 0 atom stereocenters. The van der Waals surface area contributed by atoms with Crippen LogP contribution in [0.3, 0.4) is 0 Å². The van der Waals surface area contributed by atoms with Gasteiger partial charge in [-0.15, -0.1) is 11.6 Å². The molecule has 0 amide bonds. The molecule has 84 valence electrons. The lowest BCUT2D eigenvalue weighted by Crippen LogP contribution is -2.27. The summed E-state index contributed by atoms with van der Waals surface area (Å²) in [5.41, 5.74) is 1.08. The van der Waals surface area contributed by atoms with Crippen LogP contribution in [0, 0.1) is 0 Å². The summed E-state index contributed by atoms with van der Waals surface area (Å²) in [7, 11) is 0. The highest BCUT2D eigenvalue weighted by atomic mass is 35.5. The zero-order chi connectivity index (χ0) is 11.1. The van der Waals surface area contributed by atoms with Crippen LogP contribution in [0.15, 0.2) is 12.4 Å². The normalized spacial score (nSPS) is 10.3. The van der Waals surface area contributed by atoms with Gasteiger partial charge in [0.1, 0.15) is 12.1 Å². The van der Waals surface area contributed by atoms with Crippen molar-refractivity contribution in [3.8, 4) is 0 Å². The molecule has 3 nitrogen and oxygen atoms in total. The minimum absolute atomic E-state index is 0.630. The molecule has 0 aliphatic heterocycles.